The molecule has 7 aliphatic rings. The van der Waals surface area contributed by atoms with Gasteiger partial charge in [-0.25, -0.2) is 0 Å². The molecule has 5 heteroatoms. The van der Waals surface area contributed by atoms with E-state index in [2.05, 4.69) is 16.0 Å². The van der Waals surface area contributed by atoms with Crippen LogP contribution in [0.4, 0.5) is 0 Å². The minimum absolute atomic E-state index is 0.343. The number of hydrogen-bond acceptors (Lipinski definition) is 4. The van der Waals surface area contributed by atoms with Crippen molar-refractivity contribution >= 4 is 6.71 Å². The summed E-state index contributed by atoms with van der Waals surface area (Å²) < 4.78 is 7.01. The molecular formula is C28H48BN3O. The molecule has 5 saturated heterocycles. The minimum atomic E-state index is 0.343. The van der Waals surface area contributed by atoms with E-state index < -0.39 is 0 Å². The van der Waals surface area contributed by atoms with E-state index in [4.69, 9.17) is 4.74 Å². The summed E-state index contributed by atoms with van der Waals surface area (Å²) in [6.45, 7) is 4.64. The van der Waals surface area contributed by atoms with Crippen molar-refractivity contribution in [3.63, 3.8) is 0 Å². The predicted octanol–water partition coefficient (Wildman–Crippen LogP) is 4.77. The summed E-state index contributed by atoms with van der Waals surface area (Å²) in [5.74, 6) is 3.52. The molecule has 5 heterocycles. The molecule has 8 atom stereocenters. The smallest absolute Gasteiger partial charge is 0.153 e. The summed E-state index contributed by atoms with van der Waals surface area (Å²) in [6.07, 6.45) is 22.3. The topological polar surface area (TPSA) is 45.3 Å². The predicted molar refractivity (Wildman–Crippen MR) is 136 cm³/mol. The monoisotopic (exact) mass is 453 g/mol. The molecule has 1 spiro atoms. The fourth-order valence-corrected chi connectivity index (χ4v) is 11.1. The summed E-state index contributed by atoms with van der Waals surface area (Å²) in [5.41, 5.74) is 0.343. The van der Waals surface area contributed by atoms with Gasteiger partial charge in [-0.2, -0.15) is 0 Å². The Morgan fingerprint density at radius 1 is 0.545 bits per heavy atom. The number of fused-ring (bicyclic) bond motifs is 8. The highest BCUT2D eigenvalue weighted by atomic mass is 16.5. The van der Waals surface area contributed by atoms with E-state index in [1.807, 2.05) is 0 Å². The van der Waals surface area contributed by atoms with Gasteiger partial charge in [-0.1, -0.05) is 63.6 Å². The van der Waals surface area contributed by atoms with Crippen LogP contribution in [0.5, 0.6) is 0 Å². The molecule has 7 fully saturated rings. The first-order chi connectivity index (χ1) is 16.4. The standard InChI is InChI=1S/C28H48BN3O/c1-2-9-19(10-3-1)29-21-12-6-16-30-25(21)28(26-22(29)13-7-17-31-26)20-11-4-5-14-23(20)33-24-15-8-18-32-27(24)28/h19-27,30-32H,1-18H2. The Morgan fingerprint density at radius 2 is 1.12 bits per heavy atom. The van der Waals surface area contributed by atoms with E-state index in [1.165, 1.54) is 116 Å². The van der Waals surface area contributed by atoms with Crippen molar-refractivity contribution < 1.29 is 4.74 Å². The first-order valence-electron chi connectivity index (χ1n) is 15.2. The third-order valence-corrected chi connectivity index (χ3v) is 11.9. The number of hydrogen-bond donors (Lipinski definition) is 3. The Morgan fingerprint density at radius 3 is 1.85 bits per heavy atom. The normalized spacial score (nSPS) is 50.7. The maximum atomic E-state index is 7.01. The zero-order valence-electron chi connectivity index (χ0n) is 20.9. The molecule has 184 valence electrons. The molecule has 0 aromatic heterocycles. The lowest BCUT2D eigenvalue weighted by molar-refractivity contribution is -0.216. The van der Waals surface area contributed by atoms with Crippen molar-refractivity contribution in [3.05, 3.63) is 0 Å². The van der Waals surface area contributed by atoms with E-state index in [0.29, 0.717) is 35.7 Å². The number of ether oxygens (including phenoxy) is 1. The SMILES string of the molecule is C1CCC(B2C3CCCNC3C3(C4CCCCC4OC4CCCNC43)C3NCCCC23)CC1. The van der Waals surface area contributed by atoms with Gasteiger partial charge in [0.15, 0.2) is 6.71 Å². The van der Waals surface area contributed by atoms with Crippen molar-refractivity contribution in [1.29, 1.82) is 0 Å². The Kier molecular flexibility index (Phi) is 6.09. The van der Waals surface area contributed by atoms with Crippen LogP contribution in [0.3, 0.4) is 0 Å². The minimum Gasteiger partial charge on any atom is -0.373 e. The van der Waals surface area contributed by atoms with Crippen LogP contribution in [0.2, 0.25) is 17.5 Å². The van der Waals surface area contributed by atoms with Crippen molar-refractivity contribution in [2.45, 2.75) is 144 Å². The van der Waals surface area contributed by atoms with Crippen molar-refractivity contribution in [1.82, 2.24) is 16.0 Å². The van der Waals surface area contributed by atoms with E-state index >= 15 is 0 Å². The van der Waals surface area contributed by atoms with Gasteiger partial charge < -0.3 is 20.7 Å². The molecule has 8 unspecified atom stereocenters. The molecule has 5 aliphatic heterocycles. The second kappa shape index (κ2) is 9.09. The van der Waals surface area contributed by atoms with Crippen LogP contribution in [0.25, 0.3) is 0 Å². The summed E-state index contributed by atoms with van der Waals surface area (Å²) in [7, 11) is 0. The van der Waals surface area contributed by atoms with Crippen LogP contribution in [0, 0.1) is 11.3 Å². The van der Waals surface area contributed by atoms with Crippen LogP contribution in [-0.2, 0) is 4.74 Å². The van der Waals surface area contributed by atoms with Crippen LogP contribution in [0.1, 0.15) is 96.3 Å². The Balaban J connectivity index is 1.36. The summed E-state index contributed by atoms with van der Waals surface area (Å²) >= 11 is 0. The molecule has 0 aromatic rings. The van der Waals surface area contributed by atoms with E-state index in [9.17, 15) is 0 Å². The molecule has 0 aromatic carbocycles. The van der Waals surface area contributed by atoms with Gasteiger partial charge in [-0.05, 0) is 75.7 Å². The molecule has 7 rings (SSSR count). The van der Waals surface area contributed by atoms with Gasteiger partial charge in [0.25, 0.3) is 0 Å². The molecule has 33 heavy (non-hydrogen) atoms. The average Bonchev–Trinajstić information content (AvgIpc) is 2.89. The second-order valence-electron chi connectivity index (χ2n) is 13.1. The summed E-state index contributed by atoms with van der Waals surface area (Å²) in [4.78, 5) is 0. The largest absolute Gasteiger partial charge is 0.373 e. The fraction of sp³-hybridized carbons (Fsp3) is 1.00. The van der Waals surface area contributed by atoms with Crippen LogP contribution in [0.15, 0.2) is 0 Å². The molecular weight excluding hydrogens is 405 g/mol. The van der Waals surface area contributed by atoms with Gasteiger partial charge in [0.1, 0.15) is 0 Å². The lowest BCUT2D eigenvalue weighted by Crippen LogP contribution is -2.82. The van der Waals surface area contributed by atoms with Crippen molar-refractivity contribution in [2.75, 3.05) is 19.6 Å². The Hall–Kier alpha value is -0.0951. The summed E-state index contributed by atoms with van der Waals surface area (Å²) in [6, 6.07) is 1.93. The summed E-state index contributed by atoms with van der Waals surface area (Å²) in [5, 5.41) is 12.8. The van der Waals surface area contributed by atoms with Crippen LogP contribution >= 0.6 is 0 Å². The van der Waals surface area contributed by atoms with Gasteiger partial charge in [0.2, 0.25) is 0 Å². The molecule has 2 aliphatic carbocycles. The van der Waals surface area contributed by atoms with Crippen LogP contribution in [-0.4, -0.2) is 56.7 Å². The molecule has 2 saturated carbocycles. The second-order valence-corrected chi connectivity index (χ2v) is 13.1. The van der Waals surface area contributed by atoms with Crippen LogP contribution < -0.4 is 16.0 Å². The molecule has 0 radical (unpaired) electrons. The van der Waals surface area contributed by atoms with Gasteiger partial charge in [0, 0.05) is 23.5 Å². The maximum absolute atomic E-state index is 7.01. The first-order valence-corrected chi connectivity index (χ1v) is 15.2. The van der Waals surface area contributed by atoms with E-state index in [-0.39, 0.29) is 0 Å². The maximum Gasteiger partial charge on any atom is 0.153 e. The number of piperidine rings is 3. The molecule has 3 N–H and O–H groups in total. The third kappa shape index (κ3) is 3.38. The van der Waals surface area contributed by atoms with Gasteiger partial charge in [0.05, 0.1) is 12.2 Å². The van der Waals surface area contributed by atoms with Crippen molar-refractivity contribution in [3.8, 4) is 0 Å². The molecule has 0 amide bonds. The number of rotatable bonds is 1. The quantitative estimate of drug-likeness (QED) is 0.501. The van der Waals surface area contributed by atoms with Gasteiger partial charge >= 0.3 is 0 Å². The zero-order chi connectivity index (χ0) is 21.8. The van der Waals surface area contributed by atoms with Gasteiger partial charge in [-0.15, -0.1) is 0 Å². The lowest BCUT2D eigenvalue weighted by atomic mass is 9.17. The first kappa shape index (κ1) is 22.1. The van der Waals surface area contributed by atoms with E-state index in [1.54, 1.807) is 0 Å². The van der Waals surface area contributed by atoms with E-state index in [0.717, 1.165) is 30.1 Å². The highest BCUT2D eigenvalue weighted by molar-refractivity contribution is 6.64. The lowest BCUT2D eigenvalue weighted by Gasteiger charge is -2.71. The van der Waals surface area contributed by atoms with Gasteiger partial charge in [-0.3, -0.25) is 0 Å². The fourth-order valence-electron chi connectivity index (χ4n) is 11.1. The third-order valence-electron chi connectivity index (χ3n) is 11.9. The number of nitrogens with one attached hydrogen (secondary N) is 3. The zero-order valence-corrected chi connectivity index (χ0v) is 20.9. The van der Waals surface area contributed by atoms with Crippen molar-refractivity contribution in [2.24, 2.45) is 11.3 Å². The Bertz CT molecular complexity index is 651. The highest BCUT2D eigenvalue weighted by Crippen LogP contribution is 2.64. The highest BCUT2D eigenvalue weighted by Gasteiger charge is 2.70. The average molecular weight is 454 g/mol. The Labute approximate surface area is 202 Å². The molecule has 0 bridgehead atoms. The molecule has 4 nitrogen and oxygen atoms in total.